The van der Waals surface area contributed by atoms with Crippen molar-refractivity contribution in [1.82, 2.24) is 15.4 Å². The lowest BCUT2D eigenvalue weighted by Crippen LogP contribution is -2.05. The predicted molar refractivity (Wildman–Crippen MR) is 77.6 cm³/mol. The van der Waals surface area contributed by atoms with Gasteiger partial charge in [-0.2, -0.15) is 0 Å². The van der Waals surface area contributed by atoms with E-state index in [1.54, 1.807) is 19.2 Å². The number of aromatic nitrogens is 3. The summed E-state index contributed by atoms with van der Waals surface area (Å²) in [6.07, 6.45) is 0. The Morgan fingerprint density at radius 2 is 1.90 bits per heavy atom. The molecule has 0 bridgehead atoms. The van der Waals surface area contributed by atoms with E-state index in [4.69, 9.17) is 4.74 Å². The molecule has 0 amide bonds. The second kappa shape index (κ2) is 5.70. The van der Waals surface area contributed by atoms with Crippen LogP contribution in [0.25, 0.3) is 10.9 Å². The molecule has 0 saturated carbocycles. The zero-order valence-corrected chi connectivity index (χ0v) is 11.4. The van der Waals surface area contributed by atoms with E-state index in [-0.39, 0.29) is 5.82 Å². The summed E-state index contributed by atoms with van der Waals surface area (Å²) in [7, 11) is 1.62. The highest BCUT2D eigenvalue weighted by Gasteiger charge is 2.09. The molecule has 3 rings (SSSR count). The van der Waals surface area contributed by atoms with Crippen LogP contribution in [0.1, 0.15) is 5.56 Å². The highest BCUT2D eigenvalue weighted by molar-refractivity contribution is 5.88. The van der Waals surface area contributed by atoms with Crippen molar-refractivity contribution in [3.8, 4) is 5.75 Å². The average Bonchev–Trinajstić information content (AvgIpc) is 2.53. The van der Waals surface area contributed by atoms with Gasteiger partial charge in [0.25, 0.3) is 0 Å². The van der Waals surface area contributed by atoms with E-state index in [1.807, 2.05) is 24.3 Å². The third-order valence-corrected chi connectivity index (χ3v) is 3.14. The minimum absolute atomic E-state index is 0.348. The van der Waals surface area contributed by atoms with Crippen LogP contribution < -0.4 is 10.1 Å². The Labute approximate surface area is 120 Å². The molecule has 0 aliphatic rings. The summed E-state index contributed by atoms with van der Waals surface area (Å²) in [6.45, 7) is 0.506. The van der Waals surface area contributed by atoms with Gasteiger partial charge in [-0.25, -0.2) is 4.39 Å². The van der Waals surface area contributed by atoms with Crippen LogP contribution in [0, 0.1) is 5.82 Å². The first-order valence-electron chi connectivity index (χ1n) is 6.42. The van der Waals surface area contributed by atoms with Gasteiger partial charge in [-0.05, 0) is 35.0 Å². The normalized spacial score (nSPS) is 10.6. The Balaban J connectivity index is 1.84. The summed E-state index contributed by atoms with van der Waals surface area (Å²) in [5.74, 6) is 0.806. The number of hydrogen-bond donors (Lipinski definition) is 1. The Morgan fingerprint density at radius 1 is 1.10 bits per heavy atom. The smallest absolute Gasteiger partial charge is 0.163 e. The minimum Gasteiger partial charge on any atom is -0.497 e. The van der Waals surface area contributed by atoms with Gasteiger partial charge in [-0.15, -0.1) is 10.2 Å². The molecule has 0 atom stereocenters. The van der Waals surface area contributed by atoms with Crippen LogP contribution in [0.3, 0.4) is 0 Å². The van der Waals surface area contributed by atoms with Crippen molar-refractivity contribution in [3.63, 3.8) is 0 Å². The van der Waals surface area contributed by atoms with Crippen LogP contribution in [-0.2, 0) is 6.54 Å². The molecule has 6 heteroatoms. The van der Waals surface area contributed by atoms with Crippen LogP contribution >= 0.6 is 0 Å². The lowest BCUT2D eigenvalue weighted by atomic mass is 10.2. The lowest BCUT2D eigenvalue weighted by molar-refractivity contribution is 0.414. The highest BCUT2D eigenvalue weighted by atomic mass is 19.1. The van der Waals surface area contributed by atoms with E-state index in [2.05, 4.69) is 20.7 Å². The molecule has 0 aliphatic heterocycles. The summed E-state index contributed by atoms with van der Waals surface area (Å²) >= 11 is 0. The fourth-order valence-electron chi connectivity index (χ4n) is 2.05. The van der Waals surface area contributed by atoms with E-state index < -0.39 is 0 Å². The second-order valence-corrected chi connectivity index (χ2v) is 4.47. The van der Waals surface area contributed by atoms with Crippen molar-refractivity contribution in [2.24, 2.45) is 0 Å². The van der Waals surface area contributed by atoms with Crippen LogP contribution in [-0.4, -0.2) is 22.5 Å². The lowest BCUT2D eigenvalue weighted by Gasteiger charge is -2.08. The van der Waals surface area contributed by atoms with Gasteiger partial charge < -0.3 is 10.1 Å². The third kappa shape index (κ3) is 2.74. The van der Waals surface area contributed by atoms with Crippen molar-refractivity contribution < 1.29 is 9.13 Å². The van der Waals surface area contributed by atoms with Crippen LogP contribution in [0.2, 0.25) is 0 Å². The second-order valence-electron chi connectivity index (χ2n) is 4.47. The number of methoxy groups -OCH3 is 1. The Morgan fingerprint density at radius 3 is 2.67 bits per heavy atom. The molecule has 1 aromatic heterocycles. The maximum absolute atomic E-state index is 13.9. The quantitative estimate of drug-likeness (QED) is 0.798. The van der Waals surface area contributed by atoms with E-state index >= 15 is 0 Å². The molecule has 1 N–H and O–H groups in total. The molecule has 2 aromatic carbocycles. The van der Waals surface area contributed by atoms with Crippen molar-refractivity contribution >= 4 is 16.7 Å². The first kappa shape index (κ1) is 13.2. The highest BCUT2D eigenvalue weighted by Crippen LogP contribution is 2.22. The molecular weight excluding hydrogens is 271 g/mol. The van der Waals surface area contributed by atoms with Gasteiger partial charge in [0.15, 0.2) is 5.82 Å². The molecule has 0 saturated heterocycles. The number of ether oxygens (including phenoxy) is 1. The molecule has 106 valence electrons. The van der Waals surface area contributed by atoms with Gasteiger partial charge in [0.2, 0.25) is 0 Å². The topological polar surface area (TPSA) is 59.9 Å². The van der Waals surface area contributed by atoms with Gasteiger partial charge in [0.05, 0.1) is 12.5 Å². The van der Waals surface area contributed by atoms with Gasteiger partial charge in [0.1, 0.15) is 17.1 Å². The molecule has 0 unspecified atom stereocenters. The summed E-state index contributed by atoms with van der Waals surface area (Å²) in [4.78, 5) is 0. The molecule has 5 nitrogen and oxygen atoms in total. The molecule has 0 radical (unpaired) electrons. The number of nitrogens with zero attached hydrogens (tertiary/aromatic N) is 3. The van der Waals surface area contributed by atoms with Crippen LogP contribution in [0.5, 0.6) is 5.75 Å². The SMILES string of the molecule is COc1ccc(CNc2nnnc3cccc(F)c23)cc1. The largest absolute Gasteiger partial charge is 0.497 e. The van der Waals surface area contributed by atoms with Gasteiger partial charge in [-0.1, -0.05) is 18.2 Å². The molecule has 0 spiro atoms. The molecule has 0 aliphatic carbocycles. The van der Waals surface area contributed by atoms with Gasteiger partial charge in [0, 0.05) is 6.54 Å². The van der Waals surface area contributed by atoms with Gasteiger partial charge >= 0.3 is 0 Å². The fourth-order valence-corrected chi connectivity index (χ4v) is 2.05. The van der Waals surface area contributed by atoms with Crippen LogP contribution in [0.15, 0.2) is 42.5 Å². The number of rotatable bonds is 4. The van der Waals surface area contributed by atoms with Crippen LogP contribution in [0.4, 0.5) is 10.2 Å². The molecule has 0 fully saturated rings. The first-order chi connectivity index (χ1) is 10.3. The first-order valence-corrected chi connectivity index (χ1v) is 6.42. The Bertz CT molecular complexity index is 756. The number of anilines is 1. The third-order valence-electron chi connectivity index (χ3n) is 3.14. The molecular formula is C15H13FN4O. The van der Waals surface area contributed by atoms with Crippen molar-refractivity contribution in [1.29, 1.82) is 0 Å². The fraction of sp³-hybridized carbons (Fsp3) is 0.133. The summed E-state index contributed by atoms with van der Waals surface area (Å²) in [6, 6.07) is 12.3. The number of fused-ring (bicyclic) bond motifs is 1. The summed E-state index contributed by atoms with van der Waals surface area (Å²) in [5.41, 5.74) is 1.50. The Kier molecular flexibility index (Phi) is 3.59. The van der Waals surface area contributed by atoms with E-state index in [9.17, 15) is 4.39 Å². The molecule has 3 aromatic rings. The monoisotopic (exact) mass is 284 g/mol. The van der Waals surface area contributed by atoms with E-state index in [0.717, 1.165) is 11.3 Å². The van der Waals surface area contributed by atoms with Crippen molar-refractivity contribution in [3.05, 3.63) is 53.8 Å². The summed E-state index contributed by atoms with van der Waals surface area (Å²) < 4.78 is 19.0. The van der Waals surface area contributed by atoms with Crippen molar-refractivity contribution in [2.45, 2.75) is 6.54 Å². The Hall–Kier alpha value is -2.76. The van der Waals surface area contributed by atoms with E-state index in [1.165, 1.54) is 6.07 Å². The number of nitrogens with one attached hydrogen (secondary N) is 1. The number of hydrogen-bond acceptors (Lipinski definition) is 5. The molecule has 21 heavy (non-hydrogen) atoms. The standard InChI is InChI=1S/C15H13FN4O/c1-21-11-7-5-10(6-8-11)9-17-15-14-12(16)3-2-4-13(14)18-20-19-15/h2-8H,9H2,1H3,(H,17,18,19). The zero-order valence-electron chi connectivity index (χ0n) is 11.4. The summed E-state index contributed by atoms with van der Waals surface area (Å²) in [5, 5.41) is 14.8. The van der Waals surface area contributed by atoms with Gasteiger partial charge in [-0.3, -0.25) is 0 Å². The molecule has 1 heterocycles. The minimum atomic E-state index is -0.368. The van der Waals surface area contributed by atoms with Crippen molar-refractivity contribution in [2.75, 3.05) is 12.4 Å². The number of benzene rings is 2. The predicted octanol–water partition coefficient (Wildman–Crippen LogP) is 2.78. The maximum Gasteiger partial charge on any atom is 0.163 e. The van der Waals surface area contributed by atoms with E-state index in [0.29, 0.717) is 23.3 Å². The number of halogens is 1. The maximum atomic E-state index is 13.9. The average molecular weight is 284 g/mol. The zero-order chi connectivity index (χ0) is 14.7.